The Hall–Kier alpha value is -1.28. The standard InChI is InChI=1S/C11H19N5O5S3/c1-16(24(3,19)20)6-8(17)13-10-14-15-11(23-10)22-7-9(18)12-4-5-21-2/h4-7H2,1-3H3,(H,12,18)(H,13,14,17). The summed E-state index contributed by atoms with van der Waals surface area (Å²) in [6.45, 7) is 0.553. The van der Waals surface area contributed by atoms with Gasteiger partial charge >= 0.3 is 0 Å². The first-order valence-corrected chi connectivity index (χ1v) is 10.3. The monoisotopic (exact) mass is 397 g/mol. The molecule has 0 unspecified atom stereocenters. The van der Waals surface area contributed by atoms with Gasteiger partial charge in [-0.05, 0) is 0 Å². The molecule has 0 fully saturated rings. The average molecular weight is 398 g/mol. The highest BCUT2D eigenvalue weighted by Crippen LogP contribution is 2.25. The van der Waals surface area contributed by atoms with Gasteiger partial charge in [0, 0.05) is 20.7 Å². The number of amides is 2. The van der Waals surface area contributed by atoms with Crippen LogP contribution in [-0.2, 0) is 24.3 Å². The van der Waals surface area contributed by atoms with Gasteiger partial charge in [0.15, 0.2) is 4.34 Å². The van der Waals surface area contributed by atoms with Crippen molar-refractivity contribution in [2.24, 2.45) is 0 Å². The summed E-state index contributed by atoms with van der Waals surface area (Å²) in [6, 6.07) is 0. The van der Waals surface area contributed by atoms with E-state index in [-0.39, 0.29) is 23.3 Å². The third-order valence-electron chi connectivity index (χ3n) is 2.54. The highest BCUT2D eigenvalue weighted by Gasteiger charge is 2.16. The van der Waals surface area contributed by atoms with Crippen molar-refractivity contribution in [1.82, 2.24) is 19.8 Å². The van der Waals surface area contributed by atoms with E-state index in [9.17, 15) is 18.0 Å². The number of carbonyl (C=O) groups is 2. The van der Waals surface area contributed by atoms with Crippen LogP contribution in [0.2, 0.25) is 0 Å². The SMILES string of the molecule is COCCNC(=O)CSc1nnc(NC(=O)CN(C)S(C)(=O)=O)s1. The lowest BCUT2D eigenvalue weighted by atomic mass is 10.6. The number of sulfonamides is 1. The second kappa shape index (κ2) is 9.88. The van der Waals surface area contributed by atoms with Crippen molar-refractivity contribution in [3.8, 4) is 0 Å². The molecule has 0 aromatic carbocycles. The molecule has 0 radical (unpaired) electrons. The van der Waals surface area contributed by atoms with Crippen LogP contribution in [0.25, 0.3) is 0 Å². The molecule has 0 spiro atoms. The van der Waals surface area contributed by atoms with E-state index in [4.69, 9.17) is 4.74 Å². The Labute approximate surface area is 148 Å². The Kier molecular flexibility index (Phi) is 8.55. The molecule has 1 heterocycles. The van der Waals surface area contributed by atoms with Gasteiger partial charge in [-0.1, -0.05) is 23.1 Å². The van der Waals surface area contributed by atoms with Crippen molar-refractivity contribution in [2.45, 2.75) is 4.34 Å². The van der Waals surface area contributed by atoms with Crippen molar-refractivity contribution in [1.29, 1.82) is 0 Å². The molecule has 2 amide bonds. The fourth-order valence-corrected chi connectivity index (χ4v) is 3.22. The third-order valence-corrected chi connectivity index (χ3v) is 5.77. The molecule has 10 nitrogen and oxygen atoms in total. The molecule has 0 aliphatic rings. The molecular weight excluding hydrogens is 378 g/mol. The average Bonchev–Trinajstić information content (AvgIpc) is 2.91. The molecule has 0 saturated heterocycles. The Balaban J connectivity index is 2.40. The number of carbonyl (C=O) groups excluding carboxylic acids is 2. The van der Waals surface area contributed by atoms with Gasteiger partial charge in [0.1, 0.15) is 0 Å². The van der Waals surface area contributed by atoms with Crippen LogP contribution in [0, 0.1) is 0 Å². The molecule has 0 aliphatic carbocycles. The van der Waals surface area contributed by atoms with E-state index in [1.807, 2.05) is 0 Å². The Morgan fingerprint density at radius 1 is 1.33 bits per heavy atom. The van der Waals surface area contributed by atoms with E-state index >= 15 is 0 Å². The largest absolute Gasteiger partial charge is 0.383 e. The number of nitrogens with zero attached hydrogens (tertiary/aromatic N) is 3. The maximum Gasteiger partial charge on any atom is 0.241 e. The first-order valence-electron chi connectivity index (χ1n) is 6.65. The number of rotatable bonds is 10. The van der Waals surface area contributed by atoms with E-state index in [0.717, 1.165) is 21.9 Å². The smallest absolute Gasteiger partial charge is 0.241 e. The number of thioether (sulfide) groups is 1. The molecule has 1 aromatic rings. The van der Waals surface area contributed by atoms with Gasteiger partial charge in [0.25, 0.3) is 0 Å². The minimum Gasteiger partial charge on any atom is -0.383 e. The second-order valence-electron chi connectivity index (χ2n) is 4.57. The maximum atomic E-state index is 11.7. The summed E-state index contributed by atoms with van der Waals surface area (Å²) in [7, 11) is -0.579. The van der Waals surface area contributed by atoms with Gasteiger partial charge in [-0.15, -0.1) is 10.2 Å². The van der Waals surface area contributed by atoms with Crippen molar-refractivity contribution < 1.29 is 22.7 Å². The fraction of sp³-hybridized carbons (Fsp3) is 0.636. The van der Waals surface area contributed by atoms with Gasteiger partial charge in [-0.25, -0.2) is 8.42 Å². The molecule has 0 saturated carbocycles. The van der Waals surface area contributed by atoms with Crippen LogP contribution in [0.3, 0.4) is 0 Å². The second-order valence-corrected chi connectivity index (χ2v) is 8.86. The van der Waals surface area contributed by atoms with Crippen molar-refractivity contribution in [2.75, 3.05) is 51.2 Å². The molecule has 1 aromatic heterocycles. The predicted molar refractivity (Wildman–Crippen MR) is 91.6 cm³/mol. The zero-order valence-corrected chi connectivity index (χ0v) is 15.9. The molecule has 2 N–H and O–H groups in total. The summed E-state index contributed by atoms with van der Waals surface area (Å²) in [4.78, 5) is 23.3. The Morgan fingerprint density at radius 3 is 2.67 bits per heavy atom. The Bertz CT molecular complexity index is 663. The first-order chi connectivity index (χ1) is 11.2. The quantitative estimate of drug-likeness (QED) is 0.299. The molecular formula is C11H19N5O5S3. The lowest BCUT2D eigenvalue weighted by Crippen LogP contribution is -2.34. The van der Waals surface area contributed by atoms with Gasteiger partial charge in [0.2, 0.25) is 27.0 Å². The summed E-state index contributed by atoms with van der Waals surface area (Å²) < 4.78 is 28.7. The topological polar surface area (TPSA) is 131 Å². The van der Waals surface area contributed by atoms with Gasteiger partial charge in [0.05, 0.1) is 25.2 Å². The predicted octanol–water partition coefficient (Wildman–Crippen LogP) is -0.777. The molecule has 0 bridgehead atoms. The van der Waals surface area contributed by atoms with Crippen molar-refractivity contribution in [3.63, 3.8) is 0 Å². The van der Waals surface area contributed by atoms with E-state index in [1.165, 1.54) is 18.8 Å². The number of hydrogen-bond acceptors (Lipinski definition) is 9. The summed E-state index contributed by atoms with van der Waals surface area (Å²) in [5, 5.41) is 13.0. The summed E-state index contributed by atoms with van der Waals surface area (Å²) >= 11 is 2.29. The lowest BCUT2D eigenvalue weighted by molar-refractivity contribution is -0.118. The van der Waals surface area contributed by atoms with Crippen molar-refractivity contribution in [3.05, 3.63) is 0 Å². The van der Waals surface area contributed by atoms with Crippen LogP contribution in [0.5, 0.6) is 0 Å². The molecule has 1 rings (SSSR count). The lowest BCUT2D eigenvalue weighted by Gasteiger charge is -2.12. The summed E-state index contributed by atoms with van der Waals surface area (Å²) in [5.74, 6) is -0.510. The van der Waals surface area contributed by atoms with Gasteiger partial charge < -0.3 is 10.1 Å². The van der Waals surface area contributed by atoms with E-state index in [2.05, 4.69) is 20.8 Å². The van der Waals surface area contributed by atoms with Crippen LogP contribution < -0.4 is 10.6 Å². The molecule has 24 heavy (non-hydrogen) atoms. The van der Waals surface area contributed by atoms with E-state index < -0.39 is 15.9 Å². The fourth-order valence-electron chi connectivity index (χ4n) is 1.27. The molecule has 13 heteroatoms. The number of anilines is 1. The molecule has 0 atom stereocenters. The molecule has 136 valence electrons. The van der Waals surface area contributed by atoms with Crippen molar-refractivity contribution >= 4 is 50.1 Å². The highest BCUT2D eigenvalue weighted by molar-refractivity contribution is 8.01. The van der Waals surface area contributed by atoms with E-state index in [1.54, 1.807) is 7.11 Å². The highest BCUT2D eigenvalue weighted by atomic mass is 32.2. The van der Waals surface area contributed by atoms with Crippen LogP contribution in [0.15, 0.2) is 4.34 Å². The first kappa shape index (κ1) is 20.8. The normalized spacial score (nSPS) is 11.5. The van der Waals surface area contributed by atoms with Gasteiger partial charge in [-0.2, -0.15) is 4.31 Å². The minimum absolute atomic E-state index is 0.160. The Morgan fingerprint density at radius 2 is 2.04 bits per heavy atom. The minimum atomic E-state index is -3.43. The van der Waals surface area contributed by atoms with Crippen LogP contribution >= 0.6 is 23.1 Å². The zero-order valence-electron chi connectivity index (χ0n) is 13.4. The maximum absolute atomic E-state index is 11.7. The summed E-state index contributed by atoms with van der Waals surface area (Å²) in [5.41, 5.74) is 0. The third kappa shape index (κ3) is 8.01. The number of aromatic nitrogens is 2. The van der Waals surface area contributed by atoms with E-state index in [0.29, 0.717) is 17.5 Å². The van der Waals surface area contributed by atoms with Crippen LogP contribution in [-0.4, -0.2) is 80.6 Å². The number of ether oxygens (including phenoxy) is 1. The molecule has 0 aliphatic heterocycles. The zero-order chi connectivity index (χ0) is 18.2. The number of methoxy groups -OCH3 is 1. The van der Waals surface area contributed by atoms with Crippen LogP contribution in [0.4, 0.5) is 5.13 Å². The number of nitrogens with one attached hydrogen (secondary N) is 2. The number of likely N-dealkylation sites (N-methyl/N-ethyl adjacent to an activating group) is 1. The van der Waals surface area contributed by atoms with Crippen LogP contribution in [0.1, 0.15) is 0 Å². The number of hydrogen-bond donors (Lipinski definition) is 2. The summed E-state index contributed by atoms with van der Waals surface area (Å²) in [6.07, 6.45) is 1.01. The van der Waals surface area contributed by atoms with Gasteiger partial charge in [-0.3, -0.25) is 14.9 Å².